The maximum atomic E-state index is 12.0. The fraction of sp³-hybridized carbons (Fsp3) is 0.533. The van der Waals surface area contributed by atoms with Crippen molar-refractivity contribution in [1.29, 1.82) is 0 Å². The zero-order valence-electron chi connectivity index (χ0n) is 12.5. The predicted octanol–water partition coefficient (Wildman–Crippen LogP) is 1.15. The fourth-order valence-electron chi connectivity index (χ4n) is 2.26. The Hall–Kier alpha value is -1.79. The Morgan fingerprint density at radius 3 is 3.05 bits per heavy atom. The van der Waals surface area contributed by atoms with E-state index in [0.29, 0.717) is 23.6 Å². The Labute approximate surface area is 124 Å². The van der Waals surface area contributed by atoms with Crippen LogP contribution in [0.1, 0.15) is 17.3 Å². The van der Waals surface area contributed by atoms with Gasteiger partial charge in [0, 0.05) is 13.1 Å². The minimum atomic E-state index is -0.398. The lowest BCUT2D eigenvalue weighted by atomic mass is 10.2. The molecule has 1 aliphatic heterocycles. The Morgan fingerprint density at radius 1 is 1.52 bits per heavy atom. The minimum absolute atomic E-state index is 0.0710. The zero-order valence-corrected chi connectivity index (χ0v) is 12.5. The molecule has 1 saturated heterocycles. The molecule has 1 aromatic rings. The molecule has 2 N–H and O–H groups in total. The highest BCUT2D eigenvalue weighted by molar-refractivity contribution is 5.90. The Morgan fingerprint density at radius 2 is 2.33 bits per heavy atom. The largest absolute Gasteiger partial charge is 0.495 e. The van der Waals surface area contributed by atoms with Gasteiger partial charge in [-0.3, -0.25) is 4.90 Å². The lowest BCUT2D eigenvalue weighted by Crippen LogP contribution is -2.44. The average Bonchev–Trinajstić information content (AvgIpc) is 2.53. The number of nitrogens with zero attached hydrogens (tertiary/aromatic N) is 1. The van der Waals surface area contributed by atoms with Gasteiger partial charge in [-0.2, -0.15) is 0 Å². The summed E-state index contributed by atoms with van der Waals surface area (Å²) in [4.78, 5) is 14.3. The second-order valence-corrected chi connectivity index (χ2v) is 4.94. The third-order valence-corrected chi connectivity index (χ3v) is 3.54. The molecule has 6 heteroatoms. The molecule has 1 heterocycles. The van der Waals surface area contributed by atoms with Crippen LogP contribution in [0.4, 0.5) is 5.69 Å². The summed E-state index contributed by atoms with van der Waals surface area (Å²) in [6.07, 6.45) is -0.0710. The molecule has 1 aromatic carbocycles. The topological polar surface area (TPSA) is 74.0 Å². The van der Waals surface area contributed by atoms with E-state index < -0.39 is 5.97 Å². The minimum Gasteiger partial charge on any atom is -0.495 e. The van der Waals surface area contributed by atoms with Crippen molar-refractivity contribution in [3.63, 3.8) is 0 Å². The number of anilines is 1. The summed E-state index contributed by atoms with van der Waals surface area (Å²) < 4.78 is 16.0. The van der Waals surface area contributed by atoms with Crippen molar-refractivity contribution in [2.75, 3.05) is 45.7 Å². The first-order chi connectivity index (χ1) is 10.1. The van der Waals surface area contributed by atoms with Gasteiger partial charge in [-0.15, -0.1) is 0 Å². The number of likely N-dealkylation sites (N-methyl/N-ethyl adjacent to an activating group) is 1. The molecule has 6 nitrogen and oxygen atoms in total. The molecule has 1 aliphatic rings. The van der Waals surface area contributed by atoms with E-state index in [-0.39, 0.29) is 12.7 Å². The van der Waals surface area contributed by atoms with Gasteiger partial charge >= 0.3 is 5.97 Å². The molecule has 116 valence electrons. The molecular weight excluding hydrogens is 272 g/mol. The van der Waals surface area contributed by atoms with Crippen molar-refractivity contribution in [3.8, 4) is 5.75 Å². The number of nitrogens with two attached hydrogens (primary N) is 1. The molecule has 2 rings (SSSR count). The number of nitrogen functional groups attached to an aromatic ring is 1. The lowest BCUT2D eigenvalue weighted by Gasteiger charge is -2.31. The van der Waals surface area contributed by atoms with Crippen LogP contribution in [-0.2, 0) is 9.47 Å². The van der Waals surface area contributed by atoms with Gasteiger partial charge in [-0.05, 0) is 24.7 Å². The summed E-state index contributed by atoms with van der Waals surface area (Å²) in [6.45, 7) is 5.72. The molecule has 21 heavy (non-hydrogen) atoms. The molecule has 0 spiro atoms. The summed E-state index contributed by atoms with van der Waals surface area (Å²) in [7, 11) is 1.51. The summed E-state index contributed by atoms with van der Waals surface area (Å²) in [5.74, 6) is 0.0704. The number of esters is 1. The van der Waals surface area contributed by atoms with Gasteiger partial charge < -0.3 is 19.9 Å². The number of methoxy groups -OCH3 is 1. The first-order valence-electron chi connectivity index (χ1n) is 7.08. The summed E-state index contributed by atoms with van der Waals surface area (Å²) in [6, 6.07) is 4.84. The Kier molecular flexibility index (Phi) is 5.41. The number of hydrogen-bond donors (Lipinski definition) is 1. The summed E-state index contributed by atoms with van der Waals surface area (Å²) in [5, 5.41) is 0. The molecular formula is C15H22N2O4. The van der Waals surface area contributed by atoms with Crippen molar-refractivity contribution in [2.45, 2.75) is 13.0 Å². The number of carbonyl (C=O) groups excluding carboxylic acids is 1. The average molecular weight is 294 g/mol. The van der Waals surface area contributed by atoms with Crippen LogP contribution in [-0.4, -0.2) is 56.9 Å². The van der Waals surface area contributed by atoms with Crippen LogP contribution < -0.4 is 10.5 Å². The third-order valence-electron chi connectivity index (χ3n) is 3.54. The van der Waals surface area contributed by atoms with Crippen LogP contribution in [0.15, 0.2) is 18.2 Å². The van der Waals surface area contributed by atoms with Gasteiger partial charge in [-0.25, -0.2) is 4.79 Å². The third kappa shape index (κ3) is 4.09. The van der Waals surface area contributed by atoms with Crippen molar-refractivity contribution in [1.82, 2.24) is 4.90 Å². The van der Waals surface area contributed by atoms with Gasteiger partial charge in [0.25, 0.3) is 0 Å². The molecule has 1 fully saturated rings. The standard InChI is InChI=1S/C15H22N2O4/c1-3-17-6-7-20-12(9-17)10-21-15(18)11-4-5-13(16)14(8-11)19-2/h4-5,8,12H,3,6-7,9-10,16H2,1-2H3. The monoisotopic (exact) mass is 294 g/mol. The van der Waals surface area contributed by atoms with E-state index in [2.05, 4.69) is 11.8 Å². The normalized spacial score (nSPS) is 19.2. The number of rotatable bonds is 5. The maximum absolute atomic E-state index is 12.0. The van der Waals surface area contributed by atoms with Crippen molar-refractivity contribution in [3.05, 3.63) is 23.8 Å². The van der Waals surface area contributed by atoms with Crippen LogP contribution in [0, 0.1) is 0 Å². The molecule has 0 aromatic heterocycles. The van der Waals surface area contributed by atoms with E-state index in [0.717, 1.165) is 19.6 Å². The number of benzene rings is 1. The van der Waals surface area contributed by atoms with Crippen LogP contribution >= 0.6 is 0 Å². The van der Waals surface area contributed by atoms with Crippen molar-refractivity contribution in [2.24, 2.45) is 0 Å². The van der Waals surface area contributed by atoms with Crippen LogP contribution in [0.3, 0.4) is 0 Å². The van der Waals surface area contributed by atoms with Gasteiger partial charge in [0.2, 0.25) is 0 Å². The number of hydrogen-bond acceptors (Lipinski definition) is 6. The molecule has 0 amide bonds. The first-order valence-corrected chi connectivity index (χ1v) is 7.08. The van der Waals surface area contributed by atoms with Crippen LogP contribution in [0.5, 0.6) is 5.75 Å². The number of morpholine rings is 1. The highest BCUT2D eigenvalue weighted by Crippen LogP contribution is 2.22. The Balaban J connectivity index is 1.89. The van der Waals surface area contributed by atoms with E-state index in [1.165, 1.54) is 7.11 Å². The fourth-order valence-corrected chi connectivity index (χ4v) is 2.26. The van der Waals surface area contributed by atoms with Crippen molar-refractivity contribution >= 4 is 11.7 Å². The highest BCUT2D eigenvalue weighted by atomic mass is 16.6. The van der Waals surface area contributed by atoms with E-state index in [1.807, 2.05) is 0 Å². The van der Waals surface area contributed by atoms with Gasteiger partial charge in [0.1, 0.15) is 18.5 Å². The number of ether oxygens (including phenoxy) is 3. The van der Waals surface area contributed by atoms with Crippen LogP contribution in [0.2, 0.25) is 0 Å². The zero-order chi connectivity index (χ0) is 15.2. The number of carbonyl (C=O) groups is 1. The van der Waals surface area contributed by atoms with Gasteiger partial charge in [-0.1, -0.05) is 6.92 Å². The van der Waals surface area contributed by atoms with E-state index >= 15 is 0 Å². The molecule has 0 aliphatic carbocycles. The second-order valence-electron chi connectivity index (χ2n) is 4.94. The second kappa shape index (κ2) is 7.28. The SMILES string of the molecule is CCN1CCOC(COC(=O)c2ccc(N)c(OC)c2)C1. The highest BCUT2D eigenvalue weighted by Gasteiger charge is 2.21. The lowest BCUT2D eigenvalue weighted by molar-refractivity contribution is -0.0578. The van der Waals surface area contributed by atoms with Crippen molar-refractivity contribution < 1.29 is 19.0 Å². The van der Waals surface area contributed by atoms with Gasteiger partial charge in [0.05, 0.1) is 25.0 Å². The molecule has 0 bridgehead atoms. The molecule has 0 saturated carbocycles. The van der Waals surface area contributed by atoms with E-state index in [4.69, 9.17) is 19.9 Å². The summed E-state index contributed by atoms with van der Waals surface area (Å²) >= 11 is 0. The first kappa shape index (κ1) is 15.6. The molecule has 1 unspecified atom stereocenters. The smallest absolute Gasteiger partial charge is 0.338 e. The quantitative estimate of drug-likeness (QED) is 0.649. The maximum Gasteiger partial charge on any atom is 0.338 e. The molecule has 1 atom stereocenters. The van der Waals surface area contributed by atoms with Crippen LogP contribution in [0.25, 0.3) is 0 Å². The Bertz CT molecular complexity index is 493. The van der Waals surface area contributed by atoms with E-state index in [9.17, 15) is 4.79 Å². The van der Waals surface area contributed by atoms with E-state index in [1.54, 1.807) is 18.2 Å². The van der Waals surface area contributed by atoms with Gasteiger partial charge in [0.15, 0.2) is 0 Å². The predicted molar refractivity (Wildman–Crippen MR) is 79.5 cm³/mol. The molecule has 0 radical (unpaired) electrons. The summed E-state index contributed by atoms with van der Waals surface area (Å²) in [5.41, 5.74) is 6.63.